The van der Waals surface area contributed by atoms with Crippen LogP contribution in [0.5, 0.6) is 0 Å². The highest BCUT2D eigenvalue weighted by Crippen LogP contribution is 2.22. The molecular weight excluding hydrogens is 358 g/mol. The highest BCUT2D eigenvalue weighted by Gasteiger charge is 2.20. The number of hydrogen-bond donors (Lipinski definition) is 1. The molecule has 0 radical (unpaired) electrons. The topological polar surface area (TPSA) is 75.7 Å². The molecule has 0 aromatic heterocycles. The van der Waals surface area contributed by atoms with Gasteiger partial charge in [0.05, 0.1) is 24.0 Å². The third-order valence-electron chi connectivity index (χ3n) is 3.75. The molecule has 0 bridgehead atoms. The molecule has 2 aromatic carbocycles. The van der Waals surface area contributed by atoms with E-state index in [9.17, 15) is 23.2 Å². The fourth-order valence-electron chi connectivity index (χ4n) is 2.46. The quantitative estimate of drug-likeness (QED) is 0.786. The number of esters is 1. The van der Waals surface area contributed by atoms with E-state index in [4.69, 9.17) is 4.74 Å². The number of nitrogens with zero attached hydrogens (tertiary/aromatic N) is 1. The van der Waals surface area contributed by atoms with Crippen molar-refractivity contribution in [3.63, 3.8) is 0 Å². The third kappa shape index (κ3) is 5.10. The minimum Gasteiger partial charge on any atom is -0.465 e. The van der Waals surface area contributed by atoms with Gasteiger partial charge in [0, 0.05) is 26.0 Å². The fraction of sp³-hybridized carbons (Fsp3) is 0.211. The first-order valence-electron chi connectivity index (χ1n) is 8.04. The summed E-state index contributed by atoms with van der Waals surface area (Å²) in [6, 6.07) is 9.12. The Labute approximate surface area is 154 Å². The Morgan fingerprint density at radius 1 is 1.11 bits per heavy atom. The van der Waals surface area contributed by atoms with Crippen LogP contribution in [0, 0.1) is 11.6 Å². The largest absolute Gasteiger partial charge is 0.465 e. The molecule has 2 rings (SSSR count). The zero-order chi connectivity index (χ0) is 20.0. The van der Waals surface area contributed by atoms with E-state index >= 15 is 0 Å². The third-order valence-corrected chi connectivity index (χ3v) is 3.75. The van der Waals surface area contributed by atoms with Crippen molar-refractivity contribution >= 4 is 29.2 Å². The van der Waals surface area contributed by atoms with Crippen molar-refractivity contribution < 1.29 is 27.9 Å². The monoisotopic (exact) mass is 376 g/mol. The van der Waals surface area contributed by atoms with Crippen molar-refractivity contribution in [1.29, 1.82) is 0 Å². The molecule has 0 fully saturated rings. The van der Waals surface area contributed by atoms with Crippen molar-refractivity contribution in [2.45, 2.75) is 13.3 Å². The molecule has 2 aromatic rings. The first-order chi connectivity index (χ1) is 12.8. The molecule has 27 heavy (non-hydrogen) atoms. The van der Waals surface area contributed by atoms with E-state index in [1.165, 1.54) is 25.0 Å². The number of para-hydroxylation sites is 1. The lowest BCUT2D eigenvalue weighted by molar-refractivity contribution is -0.117. The van der Waals surface area contributed by atoms with Crippen LogP contribution in [0.15, 0.2) is 42.5 Å². The molecule has 6 nitrogen and oxygen atoms in total. The predicted octanol–water partition coefficient (Wildman–Crippen LogP) is 3.13. The molecular formula is C19H18F2N2O4. The van der Waals surface area contributed by atoms with Gasteiger partial charge < -0.3 is 15.0 Å². The number of hydrogen-bond acceptors (Lipinski definition) is 4. The van der Waals surface area contributed by atoms with E-state index in [-0.39, 0.29) is 30.1 Å². The van der Waals surface area contributed by atoms with Gasteiger partial charge in [0.15, 0.2) is 0 Å². The van der Waals surface area contributed by atoms with Crippen LogP contribution in [0.2, 0.25) is 0 Å². The van der Waals surface area contributed by atoms with Gasteiger partial charge in [-0.25, -0.2) is 13.6 Å². The molecule has 0 unspecified atom stereocenters. The number of carbonyl (C=O) groups excluding carboxylic acids is 3. The van der Waals surface area contributed by atoms with Crippen molar-refractivity contribution in [2.24, 2.45) is 0 Å². The second kappa shape index (κ2) is 8.88. The smallest absolute Gasteiger partial charge is 0.339 e. The number of benzene rings is 2. The van der Waals surface area contributed by atoms with Crippen LogP contribution in [-0.2, 0) is 14.3 Å². The minimum atomic E-state index is -0.900. The summed E-state index contributed by atoms with van der Waals surface area (Å²) in [4.78, 5) is 37.2. The summed E-state index contributed by atoms with van der Waals surface area (Å²) >= 11 is 0. The summed E-state index contributed by atoms with van der Waals surface area (Å²) in [5, 5.41) is 2.32. The lowest BCUT2D eigenvalue weighted by Crippen LogP contribution is -2.33. The standard InChI is InChI=1S/C19H18F2N2O4/c1-12(24)23(17-6-4-3-5-14(17)19(26)27-2)10-9-18(25)22-16-8-7-13(20)11-15(16)21/h3-8,11H,9-10H2,1-2H3,(H,22,25). The normalized spacial score (nSPS) is 10.2. The van der Waals surface area contributed by atoms with Crippen LogP contribution in [0.3, 0.4) is 0 Å². The second-order valence-electron chi connectivity index (χ2n) is 5.60. The van der Waals surface area contributed by atoms with Gasteiger partial charge in [-0.2, -0.15) is 0 Å². The SMILES string of the molecule is COC(=O)c1ccccc1N(CCC(=O)Nc1ccc(F)cc1F)C(C)=O. The van der Waals surface area contributed by atoms with E-state index in [0.29, 0.717) is 11.8 Å². The Morgan fingerprint density at radius 3 is 2.44 bits per heavy atom. The lowest BCUT2D eigenvalue weighted by atomic mass is 10.1. The molecule has 0 atom stereocenters. The number of rotatable bonds is 6. The molecule has 0 aliphatic rings. The molecule has 0 aliphatic carbocycles. The number of amides is 2. The predicted molar refractivity (Wildman–Crippen MR) is 95.4 cm³/mol. The van der Waals surface area contributed by atoms with Crippen molar-refractivity contribution in [2.75, 3.05) is 23.9 Å². The summed E-state index contributed by atoms with van der Waals surface area (Å²) < 4.78 is 31.2. The number of carbonyl (C=O) groups is 3. The van der Waals surface area contributed by atoms with E-state index in [2.05, 4.69) is 5.32 Å². The fourth-order valence-corrected chi connectivity index (χ4v) is 2.46. The van der Waals surface area contributed by atoms with Gasteiger partial charge in [-0.3, -0.25) is 9.59 Å². The summed E-state index contributed by atoms with van der Waals surface area (Å²) in [5.41, 5.74) is 0.323. The number of ether oxygens (including phenoxy) is 1. The molecule has 0 spiro atoms. The van der Waals surface area contributed by atoms with Crippen molar-refractivity contribution in [1.82, 2.24) is 0 Å². The average Bonchev–Trinajstić information content (AvgIpc) is 2.63. The summed E-state index contributed by atoms with van der Waals surface area (Å²) in [5.74, 6) is -3.22. The summed E-state index contributed by atoms with van der Waals surface area (Å²) in [6.45, 7) is 1.25. The van der Waals surface area contributed by atoms with Crippen LogP contribution < -0.4 is 10.2 Å². The molecule has 142 valence electrons. The summed E-state index contributed by atoms with van der Waals surface area (Å²) in [7, 11) is 1.22. The van der Waals surface area contributed by atoms with Gasteiger partial charge in [-0.05, 0) is 24.3 Å². The maximum atomic E-state index is 13.6. The van der Waals surface area contributed by atoms with E-state index < -0.39 is 23.5 Å². The maximum Gasteiger partial charge on any atom is 0.339 e. The average molecular weight is 376 g/mol. The highest BCUT2D eigenvalue weighted by molar-refractivity contribution is 6.02. The van der Waals surface area contributed by atoms with Gasteiger partial charge >= 0.3 is 5.97 Å². The molecule has 0 saturated heterocycles. The Bertz CT molecular complexity index is 871. The van der Waals surface area contributed by atoms with Crippen LogP contribution in [0.25, 0.3) is 0 Å². The number of nitrogens with one attached hydrogen (secondary N) is 1. The van der Waals surface area contributed by atoms with Gasteiger partial charge in [-0.15, -0.1) is 0 Å². The molecule has 0 aliphatic heterocycles. The van der Waals surface area contributed by atoms with Gasteiger partial charge in [0.2, 0.25) is 11.8 Å². The highest BCUT2D eigenvalue weighted by atomic mass is 19.1. The van der Waals surface area contributed by atoms with E-state index in [0.717, 1.165) is 12.1 Å². The van der Waals surface area contributed by atoms with Gasteiger partial charge in [0.1, 0.15) is 11.6 Å². The van der Waals surface area contributed by atoms with E-state index in [1.807, 2.05) is 0 Å². The molecule has 1 N–H and O–H groups in total. The Kier molecular flexibility index (Phi) is 6.59. The second-order valence-corrected chi connectivity index (χ2v) is 5.60. The molecule has 2 amide bonds. The minimum absolute atomic E-state index is 0.0437. The molecule has 0 saturated carbocycles. The lowest BCUT2D eigenvalue weighted by Gasteiger charge is -2.23. The van der Waals surface area contributed by atoms with Crippen LogP contribution in [0.1, 0.15) is 23.7 Å². The maximum absolute atomic E-state index is 13.6. The molecule has 0 heterocycles. The number of halogens is 2. The van der Waals surface area contributed by atoms with Crippen LogP contribution >= 0.6 is 0 Å². The van der Waals surface area contributed by atoms with Crippen molar-refractivity contribution in [3.05, 3.63) is 59.7 Å². The number of anilines is 2. The first kappa shape index (κ1) is 20.0. The zero-order valence-electron chi connectivity index (χ0n) is 14.8. The van der Waals surface area contributed by atoms with Gasteiger partial charge in [-0.1, -0.05) is 12.1 Å². The van der Waals surface area contributed by atoms with Crippen LogP contribution in [-0.4, -0.2) is 31.4 Å². The summed E-state index contributed by atoms with van der Waals surface area (Å²) in [6.07, 6.45) is -0.161. The van der Waals surface area contributed by atoms with E-state index in [1.54, 1.807) is 18.2 Å². The zero-order valence-corrected chi connectivity index (χ0v) is 14.8. The first-order valence-corrected chi connectivity index (χ1v) is 8.04. The Morgan fingerprint density at radius 2 is 1.81 bits per heavy atom. The Hall–Kier alpha value is -3.29. The van der Waals surface area contributed by atoms with Crippen molar-refractivity contribution in [3.8, 4) is 0 Å². The Balaban J connectivity index is 2.12. The van der Waals surface area contributed by atoms with Crippen LogP contribution in [0.4, 0.5) is 20.2 Å². The number of methoxy groups -OCH3 is 1. The molecule has 8 heteroatoms. The van der Waals surface area contributed by atoms with Gasteiger partial charge in [0.25, 0.3) is 0 Å².